The third kappa shape index (κ3) is 5.02. The van der Waals surface area contributed by atoms with Gasteiger partial charge >= 0.3 is 0 Å². The second-order valence-electron chi connectivity index (χ2n) is 9.42. The number of fused-ring (bicyclic) bond motifs is 1. The maximum absolute atomic E-state index is 13.8. The quantitative estimate of drug-likeness (QED) is 0.584. The maximum Gasteiger partial charge on any atom is 0.274 e. The third-order valence-electron chi connectivity index (χ3n) is 7.00. The van der Waals surface area contributed by atoms with Gasteiger partial charge in [-0.05, 0) is 31.4 Å². The lowest BCUT2D eigenvalue weighted by atomic mass is 9.95. The number of piperidine rings is 1. The van der Waals surface area contributed by atoms with Gasteiger partial charge in [-0.2, -0.15) is 0 Å². The number of rotatable bonds is 5. The number of aromatic nitrogens is 2. The summed E-state index contributed by atoms with van der Waals surface area (Å²) in [5, 5.41) is 2.73. The van der Waals surface area contributed by atoms with Crippen LogP contribution in [0.1, 0.15) is 51.8 Å². The predicted molar refractivity (Wildman–Crippen MR) is 128 cm³/mol. The van der Waals surface area contributed by atoms with Crippen molar-refractivity contribution < 1.29 is 23.1 Å². The van der Waals surface area contributed by atoms with Crippen LogP contribution in [0.15, 0.2) is 48.8 Å². The molecule has 0 spiro atoms. The lowest BCUT2D eigenvalue weighted by Crippen LogP contribution is -2.43. The number of likely N-dealkylation sites (tertiary alicyclic amines) is 1. The number of nitrogens with one attached hydrogen (secondary N) is 1. The van der Waals surface area contributed by atoms with E-state index >= 15 is 0 Å². The number of hydrogen-bond acceptors (Lipinski definition) is 4. The summed E-state index contributed by atoms with van der Waals surface area (Å²) in [5.41, 5.74) is 3.68. The SMILES string of the molecule is Cc1ccc(C2Cn3cnc(C(=O)N4CCC(C(=O)NCc5ccc(F)cc5F)CC4)c3CO2)cc1. The summed E-state index contributed by atoms with van der Waals surface area (Å²) in [6.45, 7) is 3.80. The van der Waals surface area contributed by atoms with Crippen molar-refractivity contribution >= 4 is 11.8 Å². The van der Waals surface area contributed by atoms with Crippen molar-refractivity contribution in [2.45, 2.75) is 45.6 Å². The number of carbonyl (C=O) groups is 2. The fraction of sp³-hybridized carbons (Fsp3) is 0.370. The molecule has 0 bridgehead atoms. The molecule has 0 radical (unpaired) electrons. The number of halogens is 2. The molecule has 5 rings (SSSR count). The highest BCUT2D eigenvalue weighted by Crippen LogP contribution is 2.29. The fourth-order valence-corrected chi connectivity index (χ4v) is 4.77. The predicted octanol–water partition coefficient (Wildman–Crippen LogP) is 3.91. The second kappa shape index (κ2) is 10.2. The average molecular weight is 495 g/mol. The third-order valence-corrected chi connectivity index (χ3v) is 7.00. The van der Waals surface area contributed by atoms with Crippen LogP contribution in [0.5, 0.6) is 0 Å². The van der Waals surface area contributed by atoms with Gasteiger partial charge < -0.3 is 19.5 Å². The van der Waals surface area contributed by atoms with E-state index in [1.165, 1.54) is 11.6 Å². The molecule has 2 amide bonds. The van der Waals surface area contributed by atoms with Crippen LogP contribution in [-0.2, 0) is 29.2 Å². The molecule has 1 aromatic heterocycles. The van der Waals surface area contributed by atoms with Gasteiger partial charge in [-0.25, -0.2) is 13.8 Å². The van der Waals surface area contributed by atoms with E-state index in [0.29, 0.717) is 44.8 Å². The van der Waals surface area contributed by atoms with E-state index in [0.717, 1.165) is 23.4 Å². The molecule has 1 fully saturated rings. The summed E-state index contributed by atoms with van der Waals surface area (Å²) < 4.78 is 34.9. The average Bonchev–Trinajstić information content (AvgIpc) is 3.31. The molecular weight excluding hydrogens is 466 g/mol. The molecule has 1 saturated heterocycles. The highest BCUT2D eigenvalue weighted by atomic mass is 19.1. The maximum atomic E-state index is 13.8. The Bertz CT molecular complexity index is 1270. The number of amides is 2. The van der Waals surface area contributed by atoms with E-state index < -0.39 is 11.6 Å². The number of carbonyl (C=O) groups excluding carboxylic acids is 2. The monoisotopic (exact) mass is 494 g/mol. The fourth-order valence-electron chi connectivity index (χ4n) is 4.77. The molecule has 36 heavy (non-hydrogen) atoms. The normalized spacial score (nSPS) is 18.1. The van der Waals surface area contributed by atoms with E-state index in [9.17, 15) is 18.4 Å². The Hall–Kier alpha value is -3.59. The smallest absolute Gasteiger partial charge is 0.274 e. The highest BCUT2D eigenvalue weighted by molar-refractivity contribution is 5.93. The van der Waals surface area contributed by atoms with Crippen molar-refractivity contribution in [2.24, 2.45) is 5.92 Å². The van der Waals surface area contributed by atoms with E-state index in [1.54, 1.807) is 11.2 Å². The van der Waals surface area contributed by atoms with Crippen LogP contribution >= 0.6 is 0 Å². The van der Waals surface area contributed by atoms with Crippen LogP contribution < -0.4 is 5.32 Å². The molecular formula is C27H28F2N4O3. The zero-order chi connectivity index (χ0) is 25.2. The molecule has 1 unspecified atom stereocenters. The Kier molecular flexibility index (Phi) is 6.82. The van der Waals surface area contributed by atoms with E-state index in [-0.39, 0.29) is 35.9 Å². The van der Waals surface area contributed by atoms with Crippen LogP contribution in [0.4, 0.5) is 8.78 Å². The second-order valence-corrected chi connectivity index (χ2v) is 9.42. The van der Waals surface area contributed by atoms with Crippen molar-refractivity contribution in [3.8, 4) is 0 Å². The zero-order valence-corrected chi connectivity index (χ0v) is 20.0. The first-order valence-corrected chi connectivity index (χ1v) is 12.1. The van der Waals surface area contributed by atoms with Gasteiger partial charge in [-0.3, -0.25) is 9.59 Å². The summed E-state index contributed by atoms with van der Waals surface area (Å²) in [6, 6.07) is 11.5. The first kappa shape index (κ1) is 24.1. The molecule has 3 heterocycles. The molecule has 2 aliphatic heterocycles. The number of imidazole rings is 1. The molecule has 0 saturated carbocycles. The first-order valence-electron chi connectivity index (χ1n) is 12.1. The largest absolute Gasteiger partial charge is 0.365 e. The molecule has 1 N–H and O–H groups in total. The van der Waals surface area contributed by atoms with Gasteiger partial charge in [0.1, 0.15) is 17.7 Å². The molecule has 3 aromatic rings. The van der Waals surface area contributed by atoms with Crippen molar-refractivity contribution in [3.63, 3.8) is 0 Å². The molecule has 188 valence electrons. The van der Waals surface area contributed by atoms with Gasteiger partial charge in [-0.1, -0.05) is 35.9 Å². The summed E-state index contributed by atoms with van der Waals surface area (Å²) in [6.07, 6.45) is 2.62. The Morgan fingerprint density at radius 2 is 1.86 bits per heavy atom. The van der Waals surface area contributed by atoms with Crippen LogP contribution in [0, 0.1) is 24.5 Å². The molecule has 2 aliphatic rings. The van der Waals surface area contributed by atoms with Crippen molar-refractivity contribution in [3.05, 3.63) is 88.5 Å². The van der Waals surface area contributed by atoms with Gasteiger partial charge in [0, 0.05) is 37.2 Å². The highest BCUT2D eigenvalue weighted by Gasteiger charge is 2.32. The van der Waals surface area contributed by atoms with Gasteiger partial charge in [0.25, 0.3) is 5.91 Å². The van der Waals surface area contributed by atoms with E-state index in [4.69, 9.17) is 4.74 Å². The van der Waals surface area contributed by atoms with Crippen molar-refractivity contribution in [2.75, 3.05) is 13.1 Å². The Morgan fingerprint density at radius 3 is 2.58 bits per heavy atom. The van der Waals surface area contributed by atoms with Gasteiger partial charge in [0.15, 0.2) is 5.69 Å². The summed E-state index contributed by atoms with van der Waals surface area (Å²) >= 11 is 0. The molecule has 7 nitrogen and oxygen atoms in total. The Morgan fingerprint density at radius 1 is 1.11 bits per heavy atom. The standard InChI is InChI=1S/C27H28F2N4O3/c1-17-2-4-18(5-3-17)24-14-33-16-31-25(23(33)15-36-24)27(35)32-10-8-19(9-11-32)26(34)30-13-20-6-7-21(28)12-22(20)29/h2-7,12,16,19,24H,8-11,13-15H2,1H3,(H,30,34). The Balaban J connectivity index is 1.15. The van der Waals surface area contributed by atoms with Gasteiger partial charge in [-0.15, -0.1) is 0 Å². The van der Waals surface area contributed by atoms with Gasteiger partial charge in [0.05, 0.1) is 25.2 Å². The van der Waals surface area contributed by atoms with Crippen molar-refractivity contribution in [1.29, 1.82) is 0 Å². The van der Waals surface area contributed by atoms with Crippen LogP contribution in [0.2, 0.25) is 0 Å². The zero-order valence-electron chi connectivity index (χ0n) is 20.0. The lowest BCUT2D eigenvalue weighted by Gasteiger charge is -2.31. The minimum absolute atomic E-state index is 0.00549. The lowest BCUT2D eigenvalue weighted by molar-refractivity contribution is -0.126. The van der Waals surface area contributed by atoms with Crippen LogP contribution in [-0.4, -0.2) is 39.4 Å². The summed E-state index contributed by atoms with van der Waals surface area (Å²) in [4.78, 5) is 31.9. The number of ether oxygens (including phenoxy) is 1. The number of hydrogen-bond donors (Lipinski definition) is 1. The molecule has 2 aromatic carbocycles. The number of nitrogens with zero attached hydrogens (tertiary/aromatic N) is 3. The topological polar surface area (TPSA) is 76.5 Å². The number of aryl methyl sites for hydroxylation is 1. The minimum Gasteiger partial charge on any atom is -0.365 e. The van der Waals surface area contributed by atoms with Gasteiger partial charge in [0.2, 0.25) is 5.91 Å². The molecule has 1 atom stereocenters. The first-order chi connectivity index (χ1) is 17.4. The minimum atomic E-state index is -0.687. The summed E-state index contributed by atoms with van der Waals surface area (Å²) in [5.74, 6) is -1.97. The molecule has 9 heteroatoms. The van der Waals surface area contributed by atoms with Crippen molar-refractivity contribution in [1.82, 2.24) is 19.8 Å². The van der Waals surface area contributed by atoms with E-state index in [1.807, 2.05) is 11.5 Å². The molecule has 0 aliphatic carbocycles. The number of benzene rings is 2. The Labute approximate surface area is 208 Å². The van der Waals surface area contributed by atoms with Crippen LogP contribution in [0.3, 0.4) is 0 Å². The van der Waals surface area contributed by atoms with E-state index in [2.05, 4.69) is 34.6 Å². The summed E-state index contributed by atoms with van der Waals surface area (Å²) in [7, 11) is 0. The van der Waals surface area contributed by atoms with Crippen LogP contribution in [0.25, 0.3) is 0 Å².